The highest BCUT2D eigenvalue weighted by Crippen LogP contribution is 2.32. The molecule has 166 valence electrons. The van der Waals surface area contributed by atoms with Gasteiger partial charge in [-0.15, -0.1) is 0 Å². The molecule has 2 aliphatic heterocycles. The third-order valence-electron chi connectivity index (χ3n) is 6.20. The van der Waals surface area contributed by atoms with Crippen molar-refractivity contribution in [3.05, 3.63) is 53.3 Å². The maximum Gasteiger partial charge on any atom is 0.274 e. The average Bonchev–Trinajstić information content (AvgIpc) is 3.19. The Balaban J connectivity index is 1.34. The second-order valence-electron chi connectivity index (χ2n) is 8.86. The minimum Gasteiger partial charge on any atom is -0.359 e. The lowest BCUT2D eigenvalue weighted by Crippen LogP contribution is -2.61. The topological polar surface area (TPSA) is 79.7 Å². The van der Waals surface area contributed by atoms with Crippen molar-refractivity contribution in [3.8, 4) is 0 Å². The van der Waals surface area contributed by atoms with Crippen molar-refractivity contribution in [3.63, 3.8) is 0 Å². The van der Waals surface area contributed by atoms with E-state index < -0.39 is 11.7 Å². The van der Waals surface area contributed by atoms with Gasteiger partial charge in [0, 0.05) is 46.0 Å². The molecule has 1 N–H and O–H groups in total. The first-order valence-corrected chi connectivity index (χ1v) is 10.8. The number of hydrogen-bond acceptors (Lipinski definition) is 5. The van der Waals surface area contributed by atoms with Crippen molar-refractivity contribution in [2.75, 3.05) is 33.2 Å². The lowest BCUT2D eigenvalue weighted by atomic mass is 9.88. The number of benzene rings is 1. The summed E-state index contributed by atoms with van der Waals surface area (Å²) in [5.74, 6) is -0.134. The van der Waals surface area contributed by atoms with Gasteiger partial charge in [-0.3, -0.25) is 14.3 Å². The number of likely N-dealkylation sites (N-methyl/N-ethyl adjacent to an activating group) is 1. The molecular formula is C23H31N5O3. The zero-order valence-corrected chi connectivity index (χ0v) is 18.5. The van der Waals surface area contributed by atoms with Gasteiger partial charge in [0.1, 0.15) is 11.8 Å². The molecule has 0 saturated carbocycles. The van der Waals surface area contributed by atoms with Crippen molar-refractivity contribution in [2.24, 2.45) is 7.05 Å². The van der Waals surface area contributed by atoms with Crippen molar-refractivity contribution in [2.45, 2.75) is 38.0 Å². The summed E-state index contributed by atoms with van der Waals surface area (Å²) in [7, 11) is 3.83. The van der Waals surface area contributed by atoms with E-state index in [-0.39, 0.29) is 11.8 Å². The summed E-state index contributed by atoms with van der Waals surface area (Å²) in [6.07, 6.45) is 2.68. The Labute approximate surface area is 183 Å². The quantitative estimate of drug-likeness (QED) is 0.800. The smallest absolute Gasteiger partial charge is 0.274 e. The SMILES string of the molecule is Cc1ccc(CNC(=O)[C@@H]2CN(C)CC3(CCN(C(=O)c4ccn(C)n4)CC3)O2)cc1. The largest absolute Gasteiger partial charge is 0.359 e. The summed E-state index contributed by atoms with van der Waals surface area (Å²) in [5.41, 5.74) is 2.33. The first kappa shape index (κ1) is 21.5. The Morgan fingerprint density at radius 1 is 1.16 bits per heavy atom. The van der Waals surface area contributed by atoms with Crippen molar-refractivity contribution in [1.82, 2.24) is 24.9 Å². The lowest BCUT2D eigenvalue weighted by molar-refractivity contribution is -0.180. The first-order chi connectivity index (χ1) is 14.8. The van der Waals surface area contributed by atoms with Gasteiger partial charge in [-0.1, -0.05) is 29.8 Å². The predicted molar refractivity (Wildman–Crippen MR) is 116 cm³/mol. The molecule has 4 rings (SSSR count). The molecule has 2 aliphatic rings. The normalized spacial score (nSPS) is 21.3. The predicted octanol–water partition coefficient (Wildman–Crippen LogP) is 1.35. The molecule has 0 unspecified atom stereocenters. The van der Waals surface area contributed by atoms with Crippen LogP contribution in [0.4, 0.5) is 0 Å². The minimum atomic E-state index is -0.512. The molecule has 1 spiro atoms. The second-order valence-corrected chi connectivity index (χ2v) is 8.86. The van der Waals surface area contributed by atoms with Crippen LogP contribution in [0.15, 0.2) is 36.5 Å². The van der Waals surface area contributed by atoms with Crippen LogP contribution in [0.1, 0.15) is 34.5 Å². The molecule has 2 fully saturated rings. The van der Waals surface area contributed by atoms with Crippen LogP contribution in [0.2, 0.25) is 0 Å². The first-order valence-electron chi connectivity index (χ1n) is 10.8. The monoisotopic (exact) mass is 425 g/mol. The summed E-state index contributed by atoms with van der Waals surface area (Å²) in [6, 6.07) is 9.88. The average molecular weight is 426 g/mol. The van der Waals surface area contributed by atoms with Crippen molar-refractivity contribution >= 4 is 11.8 Å². The van der Waals surface area contributed by atoms with Crippen LogP contribution in [0, 0.1) is 6.92 Å². The number of rotatable bonds is 4. The number of aryl methyl sites for hydroxylation is 2. The zero-order valence-electron chi connectivity index (χ0n) is 18.5. The molecule has 8 nitrogen and oxygen atoms in total. The number of carbonyl (C=O) groups excluding carboxylic acids is 2. The third-order valence-corrected chi connectivity index (χ3v) is 6.20. The van der Waals surface area contributed by atoms with E-state index in [1.165, 1.54) is 5.56 Å². The molecule has 2 aromatic rings. The van der Waals surface area contributed by atoms with Crippen LogP contribution in [-0.4, -0.2) is 76.3 Å². The Kier molecular flexibility index (Phi) is 6.11. The fourth-order valence-electron chi connectivity index (χ4n) is 4.45. The lowest BCUT2D eigenvalue weighted by Gasteiger charge is -2.48. The molecule has 3 heterocycles. The van der Waals surface area contributed by atoms with Gasteiger partial charge in [0.15, 0.2) is 0 Å². The number of piperidine rings is 1. The number of morpholine rings is 1. The molecule has 8 heteroatoms. The summed E-state index contributed by atoms with van der Waals surface area (Å²) < 4.78 is 8.02. The van der Waals surface area contributed by atoms with E-state index in [2.05, 4.69) is 15.3 Å². The van der Waals surface area contributed by atoms with E-state index in [0.717, 1.165) is 12.1 Å². The Hall–Kier alpha value is -2.71. The molecule has 31 heavy (non-hydrogen) atoms. The molecular weight excluding hydrogens is 394 g/mol. The van der Waals surface area contributed by atoms with Crippen LogP contribution in [0.25, 0.3) is 0 Å². The number of carbonyl (C=O) groups is 2. The Bertz CT molecular complexity index is 931. The van der Waals surface area contributed by atoms with E-state index in [9.17, 15) is 9.59 Å². The molecule has 0 bridgehead atoms. The van der Waals surface area contributed by atoms with Gasteiger partial charge in [-0.05, 0) is 38.4 Å². The Morgan fingerprint density at radius 2 is 1.87 bits per heavy atom. The number of nitrogens with zero attached hydrogens (tertiary/aromatic N) is 4. The van der Waals surface area contributed by atoms with Gasteiger partial charge in [0.05, 0.1) is 5.60 Å². The van der Waals surface area contributed by atoms with Gasteiger partial charge < -0.3 is 19.9 Å². The minimum absolute atomic E-state index is 0.0491. The summed E-state index contributed by atoms with van der Waals surface area (Å²) >= 11 is 0. The standard InChI is InChI=1S/C23H31N5O3/c1-17-4-6-18(7-5-17)14-24-21(29)20-15-26(2)16-23(31-20)9-12-28(13-10-23)22(30)19-8-11-27(3)25-19/h4-8,11,20H,9-10,12-16H2,1-3H3,(H,24,29)/t20-/m0/s1. The maximum atomic E-state index is 12.8. The number of hydrogen-bond donors (Lipinski definition) is 1. The highest BCUT2D eigenvalue weighted by atomic mass is 16.5. The third kappa shape index (κ3) is 4.97. The van der Waals surface area contributed by atoms with Crippen molar-refractivity contribution in [1.29, 1.82) is 0 Å². The van der Waals surface area contributed by atoms with Gasteiger partial charge in [0.2, 0.25) is 0 Å². The molecule has 0 radical (unpaired) electrons. The van der Waals surface area contributed by atoms with E-state index >= 15 is 0 Å². The van der Waals surface area contributed by atoms with Crippen LogP contribution in [0.3, 0.4) is 0 Å². The highest BCUT2D eigenvalue weighted by molar-refractivity contribution is 5.92. The molecule has 2 saturated heterocycles. The number of nitrogens with one attached hydrogen (secondary N) is 1. The van der Waals surface area contributed by atoms with Gasteiger partial charge in [-0.2, -0.15) is 5.10 Å². The maximum absolute atomic E-state index is 12.8. The number of ether oxygens (including phenoxy) is 1. The fraction of sp³-hybridized carbons (Fsp3) is 0.522. The number of amides is 2. The zero-order chi connectivity index (χ0) is 22.0. The summed E-state index contributed by atoms with van der Waals surface area (Å²) in [5, 5.41) is 7.24. The van der Waals surface area contributed by atoms with Gasteiger partial charge >= 0.3 is 0 Å². The van der Waals surface area contributed by atoms with E-state index in [0.29, 0.717) is 44.7 Å². The molecule has 2 amide bonds. The van der Waals surface area contributed by atoms with Crippen molar-refractivity contribution < 1.29 is 14.3 Å². The number of aromatic nitrogens is 2. The fourth-order valence-corrected chi connectivity index (χ4v) is 4.45. The Morgan fingerprint density at radius 3 is 2.52 bits per heavy atom. The van der Waals surface area contributed by atoms with E-state index in [1.54, 1.807) is 24.0 Å². The van der Waals surface area contributed by atoms with Gasteiger partial charge in [-0.25, -0.2) is 0 Å². The van der Waals surface area contributed by atoms with E-state index in [1.807, 2.05) is 43.1 Å². The summed E-state index contributed by atoms with van der Waals surface area (Å²) in [4.78, 5) is 29.5. The molecule has 1 aromatic heterocycles. The molecule has 1 aromatic carbocycles. The van der Waals surface area contributed by atoms with Crippen LogP contribution in [-0.2, 0) is 23.1 Å². The highest BCUT2D eigenvalue weighted by Gasteiger charge is 2.44. The molecule has 1 atom stereocenters. The molecule has 0 aliphatic carbocycles. The number of likely N-dealkylation sites (tertiary alicyclic amines) is 1. The van der Waals surface area contributed by atoms with Crippen LogP contribution in [0.5, 0.6) is 0 Å². The van der Waals surface area contributed by atoms with Gasteiger partial charge in [0.25, 0.3) is 11.8 Å². The second kappa shape index (κ2) is 8.80. The summed E-state index contributed by atoms with van der Waals surface area (Å²) in [6.45, 7) is 5.06. The van der Waals surface area contributed by atoms with Crippen LogP contribution >= 0.6 is 0 Å². The van der Waals surface area contributed by atoms with E-state index in [4.69, 9.17) is 4.74 Å². The van der Waals surface area contributed by atoms with Crippen LogP contribution < -0.4 is 5.32 Å².